The Morgan fingerprint density at radius 1 is 1.20 bits per heavy atom. The van der Waals surface area contributed by atoms with Gasteiger partial charge in [-0.3, -0.25) is 9.52 Å². The van der Waals surface area contributed by atoms with Gasteiger partial charge in [0.05, 0.1) is 27.6 Å². The molecule has 2 heterocycles. The number of nitrogens with zero attached hydrogens (tertiary/aromatic N) is 1. The van der Waals surface area contributed by atoms with E-state index >= 15 is 0 Å². The molecule has 2 aliphatic carbocycles. The van der Waals surface area contributed by atoms with Crippen molar-refractivity contribution in [1.82, 2.24) is 4.72 Å². The molecule has 244 valence electrons. The summed E-state index contributed by atoms with van der Waals surface area (Å²) in [5, 5.41) is 12.7. The van der Waals surface area contributed by atoms with E-state index < -0.39 is 15.3 Å². The molecule has 2 aliphatic heterocycles. The van der Waals surface area contributed by atoms with E-state index in [0.29, 0.717) is 30.9 Å². The lowest BCUT2D eigenvalue weighted by molar-refractivity contribution is -0.0577. The zero-order valence-corrected chi connectivity index (χ0v) is 28.8. The van der Waals surface area contributed by atoms with E-state index in [0.717, 1.165) is 61.7 Å². The van der Waals surface area contributed by atoms with Crippen molar-refractivity contribution in [1.29, 1.82) is 0 Å². The van der Waals surface area contributed by atoms with Gasteiger partial charge in [-0.25, -0.2) is 4.21 Å². The number of amides is 1. The van der Waals surface area contributed by atoms with E-state index in [4.69, 9.17) is 16.3 Å². The maximum absolute atomic E-state index is 13.8. The van der Waals surface area contributed by atoms with Crippen LogP contribution in [0, 0.1) is 23.7 Å². The van der Waals surface area contributed by atoms with Crippen LogP contribution in [0.5, 0.6) is 5.75 Å². The van der Waals surface area contributed by atoms with Crippen LogP contribution >= 0.6 is 11.6 Å². The normalized spacial score (nSPS) is 35.8. The van der Waals surface area contributed by atoms with Crippen molar-refractivity contribution in [3.63, 3.8) is 0 Å². The van der Waals surface area contributed by atoms with E-state index in [-0.39, 0.29) is 34.3 Å². The second-order valence-electron chi connectivity index (χ2n) is 14.8. The third-order valence-corrected chi connectivity index (χ3v) is 13.6. The van der Waals surface area contributed by atoms with Crippen molar-refractivity contribution in [2.24, 2.45) is 23.7 Å². The average Bonchev–Trinajstić information content (AvgIpc) is 3.10. The molecule has 1 unspecified atom stereocenters. The lowest BCUT2D eigenvalue weighted by atomic mass is 9.62. The number of carbonyl (C=O) groups is 1. The van der Waals surface area contributed by atoms with Gasteiger partial charge in [0.25, 0.3) is 5.91 Å². The first-order valence-electron chi connectivity index (χ1n) is 16.7. The summed E-state index contributed by atoms with van der Waals surface area (Å²) in [7, 11) is -2.94. The molecule has 2 N–H and O–H groups in total. The molecule has 2 aromatic carbocycles. The van der Waals surface area contributed by atoms with Crippen molar-refractivity contribution in [2.45, 2.75) is 88.9 Å². The van der Waals surface area contributed by atoms with Gasteiger partial charge < -0.3 is 14.7 Å². The first-order valence-corrected chi connectivity index (χ1v) is 18.9. The van der Waals surface area contributed by atoms with Crippen LogP contribution in [0.2, 0.25) is 5.02 Å². The van der Waals surface area contributed by atoms with Crippen LogP contribution in [0.4, 0.5) is 5.69 Å². The molecule has 7 atom stereocenters. The van der Waals surface area contributed by atoms with Gasteiger partial charge in [0.2, 0.25) is 0 Å². The second kappa shape index (κ2) is 12.3. The number of allylic oxidation sites excluding steroid dienone is 1. The van der Waals surface area contributed by atoms with Crippen LogP contribution < -0.4 is 14.4 Å². The van der Waals surface area contributed by atoms with Crippen LogP contribution in [-0.2, 0) is 21.5 Å². The molecule has 1 amide bonds. The Kier molecular flexibility index (Phi) is 8.86. The number of hydrogen-bond acceptors (Lipinski definition) is 5. The number of anilines is 1. The zero-order valence-electron chi connectivity index (χ0n) is 27.2. The Morgan fingerprint density at radius 3 is 2.73 bits per heavy atom. The van der Waals surface area contributed by atoms with E-state index in [1.165, 1.54) is 11.1 Å². The molecular formula is C37H49ClN2O4S. The minimum atomic E-state index is -2.94. The number of halogens is 1. The highest BCUT2D eigenvalue weighted by Crippen LogP contribution is 2.49. The zero-order chi connectivity index (χ0) is 32.1. The van der Waals surface area contributed by atoms with Crippen LogP contribution in [0.3, 0.4) is 0 Å². The van der Waals surface area contributed by atoms with Crippen LogP contribution in [0.15, 0.2) is 48.6 Å². The standard InChI is InChI=1S/C37H49ClN2O4S/c1-24(2)20-37(42)17-6-8-25(3)26(4)45(5,43)39-35(41)28-11-15-34-33(19-28)40(21-29-10-13-32(29)37)22-36(23-44-34)16-7-9-27-18-30(38)12-14-31(27)36/h6,11-12,14-15,17-19,24-26,29,32,42H,5,7-10,13,16,20-23H2,1-4H3,(H,39,41,43)/b17-6+/t25-,26+,29-,32+,36-,37-,45?/m0/s1. The number of fused-ring (bicyclic) bond motifs is 4. The van der Waals surface area contributed by atoms with Gasteiger partial charge in [-0.2, -0.15) is 0 Å². The Bertz CT molecular complexity index is 1590. The van der Waals surface area contributed by atoms with Crippen molar-refractivity contribution in [3.05, 3.63) is 70.3 Å². The highest BCUT2D eigenvalue weighted by atomic mass is 35.5. The molecule has 4 aliphatic rings. The van der Waals surface area contributed by atoms with Gasteiger partial charge in [0, 0.05) is 34.3 Å². The predicted octanol–water partition coefficient (Wildman–Crippen LogP) is 6.96. The van der Waals surface area contributed by atoms with Crippen molar-refractivity contribution in [2.75, 3.05) is 24.6 Å². The molecule has 1 spiro atoms. The predicted molar refractivity (Wildman–Crippen MR) is 186 cm³/mol. The molecule has 6 nitrogen and oxygen atoms in total. The van der Waals surface area contributed by atoms with Gasteiger partial charge >= 0.3 is 0 Å². The van der Waals surface area contributed by atoms with E-state index in [1.807, 2.05) is 38.1 Å². The SMILES string of the molecule is C=S1(=O)NC(=O)c2ccc3c(c2)N(C[C@@H]2CC[C@H]2[C@@](O)(CC(C)C)/C=C/C[C@H](C)[C@H]1C)C[C@@]1(CCCc2cc(Cl)ccc21)CO3. The van der Waals surface area contributed by atoms with Crippen LogP contribution in [-0.4, -0.2) is 51.6 Å². The average molecular weight is 653 g/mol. The van der Waals surface area contributed by atoms with Gasteiger partial charge in [-0.15, -0.1) is 0 Å². The summed E-state index contributed by atoms with van der Waals surface area (Å²) in [4.78, 5) is 16.0. The van der Waals surface area contributed by atoms with Crippen molar-refractivity contribution >= 4 is 38.8 Å². The van der Waals surface area contributed by atoms with Gasteiger partial charge in [-0.05, 0) is 123 Å². The number of benzene rings is 2. The van der Waals surface area contributed by atoms with Gasteiger partial charge in [0.15, 0.2) is 0 Å². The van der Waals surface area contributed by atoms with Crippen molar-refractivity contribution < 1.29 is 18.8 Å². The molecule has 6 rings (SSSR count). The molecule has 0 aromatic heterocycles. The van der Waals surface area contributed by atoms with E-state index in [2.05, 4.69) is 47.5 Å². The Balaban J connectivity index is 1.45. The minimum absolute atomic E-state index is 0.000298. The number of ether oxygens (including phenoxy) is 1. The Hall–Kier alpha value is -2.48. The molecule has 45 heavy (non-hydrogen) atoms. The summed E-state index contributed by atoms with van der Waals surface area (Å²) in [6, 6.07) is 11.8. The largest absolute Gasteiger partial charge is 0.490 e. The maximum Gasteiger partial charge on any atom is 0.262 e. The Morgan fingerprint density at radius 2 is 2.00 bits per heavy atom. The smallest absolute Gasteiger partial charge is 0.262 e. The second-order valence-corrected chi connectivity index (χ2v) is 17.6. The molecule has 0 radical (unpaired) electrons. The van der Waals surface area contributed by atoms with Crippen molar-refractivity contribution in [3.8, 4) is 5.75 Å². The number of aliphatic hydroxyl groups is 1. The molecule has 1 fully saturated rings. The highest BCUT2D eigenvalue weighted by molar-refractivity contribution is 7.99. The number of hydrogen-bond donors (Lipinski definition) is 2. The van der Waals surface area contributed by atoms with Crippen LogP contribution in [0.25, 0.3) is 0 Å². The fraction of sp³-hybridized carbons (Fsp3) is 0.568. The summed E-state index contributed by atoms with van der Waals surface area (Å²) in [5.41, 5.74) is 2.73. The molecule has 8 heteroatoms. The molecule has 0 saturated heterocycles. The van der Waals surface area contributed by atoms with E-state index in [1.54, 1.807) is 6.07 Å². The van der Waals surface area contributed by atoms with Gasteiger partial charge in [0.1, 0.15) is 5.75 Å². The fourth-order valence-electron chi connectivity index (χ4n) is 8.34. The highest BCUT2D eigenvalue weighted by Gasteiger charge is 2.48. The maximum atomic E-state index is 13.8. The molecule has 2 bridgehead atoms. The quantitative estimate of drug-likeness (QED) is 0.271. The number of carbonyl (C=O) groups excluding carboxylic acids is 1. The summed E-state index contributed by atoms with van der Waals surface area (Å²) >= 11 is 6.44. The summed E-state index contributed by atoms with van der Waals surface area (Å²) < 4.78 is 23.2. The Labute approximate surface area is 274 Å². The summed E-state index contributed by atoms with van der Waals surface area (Å²) in [6.45, 7) is 10.3. The molecular weight excluding hydrogens is 604 g/mol. The first kappa shape index (κ1) is 32.5. The number of nitrogens with one attached hydrogen (secondary N) is 1. The minimum Gasteiger partial charge on any atom is -0.490 e. The molecule has 2 aromatic rings. The summed E-state index contributed by atoms with van der Waals surface area (Å²) in [6.07, 6.45) is 10.5. The topological polar surface area (TPSA) is 78.9 Å². The van der Waals surface area contributed by atoms with Crippen LogP contribution in [0.1, 0.15) is 87.7 Å². The number of aryl methyl sites for hydroxylation is 1. The fourth-order valence-corrected chi connectivity index (χ4v) is 10.0. The third kappa shape index (κ3) is 6.29. The molecule has 1 saturated carbocycles. The first-order chi connectivity index (χ1) is 21.3. The lowest BCUT2D eigenvalue weighted by Crippen LogP contribution is -2.52. The lowest BCUT2D eigenvalue weighted by Gasteiger charge is -2.49. The third-order valence-electron chi connectivity index (χ3n) is 11.1. The monoisotopic (exact) mass is 652 g/mol. The van der Waals surface area contributed by atoms with Gasteiger partial charge in [-0.1, -0.05) is 50.6 Å². The summed E-state index contributed by atoms with van der Waals surface area (Å²) in [5.74, 6) is 5.10. The van der Waals surface area contributed by atoms with E-state index in [9.17, 15) is 14.1 Å². The number of rotatable bonds is 2.